The van der Waals surface area contributed by atoms with Crippen LogP contribution in [0.25, 0.3) is 0 Å². The Kier molecular flexibility index (Phi) is 3.84. The van der Waals surface area contributed by atoms with Gasteiger partial charge in [-0.3, -0.25) is 14.8 Å². The largest absolute Gasteiger partial charge is 0.333 e. The molecule has 128 valence electrons. The molecule has 0 radical (unpaired) electrons. The number of carbonyl (C=O) groups excluding carboxylic acids is 2. The van der Waals surface area contributed by atoms with Crippen molar-refractivity contribution in [1.29, 1.82) is 0 Å². The zero-order valence-corrected chi connectivity index (χ0v) is 13.4. The van der Waals surface area contributed by atoms with Crippen molar-refractivity contribution in [2.75, 3.05) is 18.0 Å². The lowest BCUT2D eigenvalue weighted by atomic mass is 9.81. The maximum atomic E-state index is 12.6. The Morgan fingerprint density at radius 2 is 1.79 bits per heavy atom. The van der Waals surface area contributed by atoms with Gasteiger partial charge in [-0.2, -0.15) is 0 Å². The summed E-state index contributed by atoms with van der Waals surface area (Å²) >= 11 is 0. The van der Waals surface area contributed by atoms with Crippen LogP contribution in [0.5, 0.6) is 0 Å². The molecule has 2 amide bonds. The first kappa shape index (κ1) is 15.3. The molecule has 8 nitrogen and oxygen atoms in total. The second-order valence-corrected chi connectivity index (χ2v) is 6.83. The molecule has 3 heterocycles. The number of hydroxylamine groups is 1. The minimum Gasteiger partial charge on any atom is -0.333 e. The first-order chi connectivity index (χ1) is 11.7. The first-order valence-electron chi connectivity index (χ1n) is 8.52. The van der Waals surface area contributed by atoms with Crippen molar-refractivity contribution in [3.8, 4) is 0 Å². The van der Waals surface area contributed by atoms with Crippen LogP contribution in [0.1, 0.15) is 42.5 Å². The van der Waals surface area contributed by atoms with E-state index < -0.39 is 5.91 Å². The van der Waals surface area contributed by atoms with Gasteiger partial charge in [0.25, 0.3) is 5.91 Å². The molecular weight excluding hydrogens is 310 g/mol. The molecule has 0 aromatic carbocycles. The highest BCUT2D eigenvalue weighted by atomic mass is 16.5. The Balaban J connectivity index is 1.35. The summed E-state index contributed by atoms with van der Waals surface area (Å²) < 4.78 is 0. The Bertz CT molecular complexity index is 644. The van der Waals surface area contributed by atoms with Crippen LogP contribution in [0, 0.1) is 5.92 Å². The van der Waals surface area contributed by atoms with E-state index >= 15 is 0 Å². The van der Waals surface area contributed by atoms with E-state index in [4.69, 9.17) is 5.21 Å². The quantitative estimate of drug-likeness (QED) is 0.621. The number of nitrogens with zero attached hydrogens (tertiary/aromatic N) is 4. The molecule has 2 atom stereocenters. The molecule has 2 aliphatic heterocycles. The van der Waals surface area contributed by atoms with Gasteiger partial charge in [0.1, 0.15) is 0 Å². The van der Waals surface area contributed by atoms with Crippen LogP contribution in [0.2, 0.25) is 0 Å². The average molecular weight is 331 g/mol. The van der Waals surface area contributed by atoms with Crippen LogP contribution in [0.15, 0.2) is 12.4 Å². The van der Waals surface area contributed by atoms with E-state index in [0.29, 0.717) is 11.9 Å². The number of amides is 2. The van der Waals surface area contributed by atoms with Gasteiger partial charge in [0, 0.05) is 31.4 Å². The summed E-state index contributed by atoms with van der Waals surface area (Å²) in [6, 6.07) is 0.568. The Hall–Kier alpha value is -2.22. The molecule has 1 saturated carbocycles. The number of anilines is 1. The number of carbonyl (C=O) groups is 2. The molecule has 24 heavy (non-hydrogen) atoms. The number of hydrogen-bond donors (Lipinski definition) is 2. The molecule has 0 spiro atoms. The van der Waals surface area contributed by atoms with E-state index in [-0.39, 0.29) is 23.6 Å². The van der Waals surface area contributed by atoms with Crippen LogP contribution in [-0.2, 0) is 4.79 Å². The van der Waals surface area contributed by atoms with Gasteiger partial charge in [-0.15, -0.1) is 0 Å². The fourth-order valence-electron chi connectivity index (χ4n) is 3.97. The topological polar surface area (TPSA) is 98.7 Å². The second kappa shape index (κ2) is 6.01. The highest BCUT2D eigenvalue weighted by Crippen LogP contribution is 2.38. The van der Waals surface area contributed by atoms with Crippen molar-refractivity contribution in [1.82, 2.24) is 20.3 Å². The van der Waals surface area contributed by atoms with Gasteiger partial charge in [0.2, 0.25) is 11.9 Å². The monoisotopic (exact) mass is 331 g/mol. The number of hydrogen-bond acceptors (Lipinski definition) is 6. The molecule has 1 aliphatic carbocycles. The lowest BCUT2D eigenvalue weighted by molar-refractivity contribution is -0.149. The molecule has 2 saturated heterocycles. The van der Waals surface area contributed by atoms with Gasteiger partial charge in [0.05, 0.1) is 17.6 Å². The zero-order valence-electron chi connectivity index (χ0n) is 13.4. The molecule has 1 unspecified atom stereocenters. The molecule has 8 heteroatoms. The lowest BCUT2D eigenvalue weighted by Gasteiger charge is -2.62. The van der Waals surface area contributed by atoms with Crippen molar-refractivity contribution >= 4 is 17.8 Å². The van der Waals surface area contributed by atoms with Crippen molar-refractivity contribution < 1.29 is 14.8 Å². The second-order valence-electron chi connectivity index (χ2n) is 6.83. The van der Waals surface area contributed by atoms with Crippen LogP contribution in [0.4, 0.5) is 5.95 Å². The molecule has 4 rings (SSSR count). The van der Waals surface area contributed by atoms with Crippen LogP contribution in [0.3, 0.4) is 0 Å². The molecule has 1 aromatic heterocycles. The van der Waals surface area contributed by atoms with Crippen LogP contribution >= 0.6 is 0 Å². The fourth-order valence-corrected chi connectivity index (χ4v) is 3.97. The van der Waals surface area contributed by atoms with Gasteiger partial charge in [-0.05, 0) is 12.8 Å². The fraction of sp³-hybridized carbons (Fsp3) is 0.625. The minimum atomic E-state index is -0.629. The predicted molar refractivity (Wildman–Crippen MR) is 84.5 cm³/mol. The molecular formula is C16H21N5O3. The molecule has 0 bridgehead atoms. The summed E-state index contributed by atoms with van der Waals surface area (Å²) in [5, 5.41) is 8.60. The first-order valence-corrected chi connectivity index (χ1v) is 8.52. The van der Waals surface area contributed by atoms with Crippen molar-refractivity contribution in [2.24, 2.45) is 5.92 Å². The summed E-state index contributed by atoms with van der Waals surface area (Å²) in [6.45, 7) is 1.48. The van der Waals surface area contributed by atoms with E-state index in [1.165, 1.54) is 31.7 Å². The SMILES string of the molecule is O=C(NO)c1cnc(N2C[C@@H]3C2CN3C(=O)C2CCCCC2)nc1. The molecule has 1 aromatic rings. The normalized spacial score (nSPS) is 26.2. The third-order valence-corrected chi connectivity index (χ3v) is 5.51. The highest BCUT2D eigenvalue weighted by Gasteiger charge is 2.55. The maximum absolute atomic E-state index is 12.6. The van der Waals surface area contributed by atoms with Gasteiger partial charge in [-0.1, -0.05) is 19.3 Å². The summed E-state index contributed by atoms with van der Waals surface area (Å²) in [7, 11) is 0. The van der Waals surface area contributed by atoms with Gasteiger partial charge >= 0.3 is 0 Å². The number of piperazine rings is 1. The number of nitrogens with one attached hydrogen (secondary N) is 1. The summed E-state index contributed by atoms with van der Waals surface area (Å²) in [6.07, 6.45) is 8.46. The minimum absolute atomic E-state index is 0.209. The van der Waals surface area contributed by atoms with Crippen LogP contribution < -0.4 is 10.4 Å². The number of aromatic nitrogens is 2. The van der Waals surface area contributed by atoms with E-state index in [9.17, 15) is 9.59 Å². The Morgan fingerprint density at radius 3 is 2.38 bits per heavy atom. The molecule has 3 aliphatic rings. The smallest absolute Gasteiger partial charge is 0.277 e. The average Bonchev–Trinajstić information content (AvgIpc) is 2.63. The third kappa shape index (κ3) is 2.41. The van der Waals surface area contributed by atoms with Gasteiger partial charge in [-0.25, -0.2) is 15.4 Å². The van der Waals surface area contributed by atoms with E-state index in [1.54, 1.807) is 5.48 Å². The number of likely N-dealkylation sites (tertiary alicyclic amines) is 1. The van der Waals surface area contributed by atoms with Crippen molar-refractivity contribution in [3.05, 3.63) is 18.0 Å². The highest BCUT2D eigenvalue weighted by molar-refractivity contribution is 5.92. The standard InChI is InChI=1S/C16H21N5O3/c22-14(19-24)11-6-17-16(18-7-11)21-9-12-13(21)8-20(12)15(23)10-4-2-1-3-5-10/h6-7,10,12-13,24H,1-5,8-9H2,(H,19,22)/t12-,13?/m1/s1. The third-order valence-electron chi connectivity index (χ3n) is 5.51. The zero-order chi connectivity index (χ0) is 16.7. The van der Waals surface area contributed by atoms with E-state index in [1.807, 2.05) is 4.90 Å². The van der Waals surface area contributed by atoms with Crippen molar-refractivity contribution in [2.45, 2.75) is 44.2 Å². The summed E-state index contributed by atoms with van der Waals surface area (Å²) in [4.78, 5) is 36.3. The Morgan fingerprint density at radius 1 is 1.08 bits per heavy atom. The van der Waals surface area contributed by atoms with Crippen molar-refractivity contribution in [3.63, 3.8) is 0 Å². The molecule has 3 fully saturated rings. The molecule has 2 N–H and O–H groups in total. The van der Waals surface area contributed by atoms with Crippen LogP contribution in [-0.4, -0.2) is 57.1 Å². The number of rotatable bonds is 3. The maximum Gasteiger partial charge on any atom is 0.277 e. The van der Waals surface area contributed by atoms with Gasteiger partial charge in [0.15, 0.2) is 0 Å². The Labute approximate surface area is 139 Å². The predicted octanol–water partition coefficient (Wildman–Crippen LogP) is 0.575. The van der Waals surface area contributed by atoms with E-state index in [0.717, 1.165) is 25.9 Å². The van der Waals surface area contributed by atoms with Gasteiger partial charge < -0.3 is 9.80 Å². The summed E-state index contributed by atoms with van der Waals surface area (Å²) in [5.41, 5.74) is 1.77. The summed E-state index contributed by atoms with van der Waals surface area (Å²) in [5.74, 6) is 0.485. The number of fused-ring (bicyclic) bond motifs is 1. The lowest BCUT2D eigenvalue weighted by Crippen LogP contribution is -2.80. The van der Waals surface area contributed by atoms with E-state index in [2.05, 4.69) is 14.9 Å².